The highest BCUT2D eigenvalue weighted by Crippen LogP contribution is 2.30. The third-order valence-corrected chi connectivity index (χ3v) is 3.20. The molecule has 2 aromatic rings. The van der Waals surface area contributed by atoms with Gasteiger partial charge in [-0.15, -0.1) is 11.8 Å². The molecule has 0 saturated heterocycles. The van der Waals surface area contributed by atoms with Crippen molar-refractivity contribution >= 4 is 17.7 Å². The van der Waals surface area contributed by atoms with Crippen molar-refractivity contribution in [3.05, 3.63) is 48.2 Å². The van der Waals surface area contributed by atoms with Gasteiger partial charge in [0.15, 0.2) is 0 Å². The first-order chi connectivity index (χ1) is 8.24. The predicted molar refractivity (Wildman–Crippen MR) is 68.4 cm³/mol. The summed E-state index contributed by atoms with van der Waals surface area (Å²) in [4.78, 5) is 16.4. The number of thioether (sulfide) groups is 1. The van der Waals surface area contributed by atoms with E-state index >= 15 is 0 Å². The smallest absolute Gasteiger partial charge is 0.337 e. The average Bonchev–Trinajstić information content (AvgIpc) is 2.38. The van der Waals surface area contributed by atoms with Crippen molar-refractivity contribution in [1.82, 2.24) is 4.98 Å². The molecule has 0 amide bonds. The highest BCUT2D eigenvalue weighted by atomic mass is 32.2. The first kappa shape index (κ1) is 11.7. The summed E-state index contributed by atoms with van der Waals surface area (Å²) >= 11 is 1.58. The standard InChI is InChI=1S/C13H11NO2S/c1-17-11-7-3-2-5-9(11)12-10(13(15)16)6-4-8-14-12/h2-8H,1H3,(H,15,16). The molecule has 0 fully saturated rings. The van der Waals surface area contributed by atoms with Crippen molar-refractivity contribution in [2.75, 3.05) is 6.26 Å². The van der Waals surface area contributed by atoms with E-state index in [0.29, 0.717) is 5.69 Å². The Balaban J connectivity index is 2.64. The number of benzene rings is 1. The van der Waals surface area contributed by atoms with E-state index in [1.807, 2.05) is 30.5 Å². The number of carboxylic acids is 1. The largest absolute Gasteiger partial charge is 0.478 e. The summed E-state index contributed by atoms with van der Waals surface area (Å²) in [5.74, 6) is -0.955. The third-order valence-electron chi connectivity index (χ3n) is 2.40. The monoisotopic (exact) mass is 245 g/mol. The predicted octanol–water partition coefficient (Wildman–Crippen LogP) is 3.17. The van der Waals surface area contributed by atoms with Crippen LogP contribution in [0, 0.1) is 0 Å². The van der Waals surface area contributed by atoms with Crippen LogP contribution in [0.1, 0.15) is 10.4 Å². The molecule has 0 aliphatic rings. The van der Waals surface area contributed by atoms with Gasteiger partial charge in [-0.2, -0.15) is 0 Å². The first-order valence-electron chi connectivity index (χ1n) is 5.05. The molecule has 86 valence electrons. The van der Waals surface area contributed by atoms with Crippen molar-refractivity contribution in [3.8, 4) is 11.3 Å². The molecule has 4 heteroatoms. The second-order valence-electron chi connectivity index (χ2n) is 3.41. The molecular weight excluding hydrogens is 234 g/mol. The van der Waals surface area contributed by atoms with Gasteiger partial charge in [0.1, 0.15) is 0 Å². The molecule has 0 unspecified atom stereocenters. The Hall–Kier alpha value is -1.81. The normalized spacial score (nSPS) is 10.2. The third kappa shape index (κ3) is 2.31. The quantitative estimate of drug-likeness (QED) is 0.844. The molecule has 1 aromatic heterocycles. The lowest BCUT2D eigenvalue weighted by molar-refractivity contribution is 0.0697. The molecule has 1 aromatic carbocycles. The molecule has 0 aliphatic heterocycles. The fourth-order valence-corrected chi connectivity index (χ4v) is 2.23. The Kier molecular flexibility index (Phi) is 3.44. The van der Waals surface area contributed by atoms with Gasteiger partial charge < -0.3 is 5.11 Å². The van der Waals surface area contributed by atoms with Gasteiger partial charge in [0, 0.05) is 16.7 Å². The van der Waals surface area contributed by atoms with E-state index in [1.54, 1.807) is 30.1 Å². The van der Waals surface area contributed by atoms with Crippen molar-refractivity contribution in [3.63, 3.8) is 0 Å². The lowest BCUT2D eigenvalue weighted by Crippen LogP contribution is -2.01. The number of rotatable bonds is 3. The summed E-state index contributed by atoms with van der Waals surface area (Å²) < 4.78 is 0. The number of hydrogen-bond donors (Lipinski definition) is 1. The maximum Gasteiger partial charge on any atom is 0.337 e. The minimum atomic E-state index is -0.955. The molecule has 0 bridgehead atoms. The molecule has 1 heterocycles. The Labute approximate surface area is 104 Å². The van der Waals surface area contributed by atoms with Crippen LogP contribution in [0.2, 0.25) is 0 Å². The lowest BCUT2D eigenvalue weighted by atomic mass is 10.1. The molecule has 2 rings (SSSR count). The van der Waals surface area contributed by atoms with Gasteiger partial charge in [-0.1, -0.05) is 18.2 Å². The van der Waals surface area contributed by atoms with Gasteiger partial charge >= 0.3 is 5.97 Å². The van der Waals surface area contributed by atoms with E-state index in [1.165, 1.54) is 0 Å². The minimum absolute atomic E-state index is 0.231. The number of hydrogen-bond acceptors (Lipinski definition) is 3. The molecule has 0 saturated carbocycles. The zero-order valence-electron chi connectivity index (χ0n) is 9.25. The van der Waals surface area contributed by atoms with Crippen molar-refractivity contribution in [1.29, 1.82) is 0 Å². The summed E-state index contributed by atoms with van der Waals surface area (Å²) in [5.41, 5.74) is 1.61. The topological polar surface area (TPSA) is 50.2 Å². The van der Waals surface area contributed by atoms with Crippen LogP contribution in [0.25, 0.3) is 11.3 Å². The Morgan fingerprint density at radius 2 is 2.00 bits per heavy atom. The van der Waals surface area contributed by atoms with Gasteiger partial charge in [0.05, 0.1) is 11.3 Å². The van der Waals surface area contributed by atoms with Crippen LogP contribution in [0.3, 0.4) is 0 Å². The van der Waals surface area contributed by atoms with Crippen LogP contribution in [-0.4, -0.2) is 22.3 Å². The summed E-state index contributed by atoms with van der Waals surface area (Å²) in [6.07, 6.45) is 3.57. The van der Waals surface area contributed by atoms with Crippen molar-refractivity contribution in [2.24, 2.45) is 0 Å². The Morgan fingerprint density at radius 1 is 1.24 bits per heavy atom. The maximum absolute atomic E-state index is 11.1. The fourth-order valence-electron chi connectivity index (χ4n) is 1.63. The molecular formula is C13H11NO2S. The van der Waals surface area contributed by atoms with Gasteiger partial charge in [0.2, 0.25) is 0 Å². The molecule has 3 nitrogen and oxygen atoms in total. The summed E-state index contributed by atoms with van der Waals surface area (Å²) in [6, 6.07) is 10.9. The van der Waals surface area contributed by atoms with Gasteiger partial charge in [-0.3, -0.25) is 4.98 Å². The van der Waals surface area contributed by atoms with Crippen molar-refractivity contribution < 1.29 is 9.90 Å². The summed E-state index contributed by atoms with van der Waals surface area (Å²) in [7, 11) is 0. The van der Waals surface area contributed by atoms with Crippen LogP contribution in [0.5, 0.6) is 0 Å². The van der Waals surface area contributed by atoms with E-state index in [2.05, 4.69) is 4.98 Å². The van der Waals surface area contributed by atoms with Crippen LogP contribution in [-0.2, 0) is 0 Å². The fraction of sp³-hybridized carbons (Fsp3) is 0.0769. The van der Waals surface area contributed by atoms with Crippen LogP contribution in [0.15, 0.2) is 47.5 Å². The summed E-state index contributed by atoms with van der Waals surface area (Å²) in [6.45, 7) is 0. The number of aromatic carboxylic acids is 1. The highest BCUT2D eigenvalue weighted by Gasteiger charge is 2.14. The van der Waals surface area contributed by atoms with Crippen LogP contribution >= 0.6 is 11.8 Å². The van der Waals surface area contributed by atoms with Gasteiger partial charge in [-0.25, -0.2) is 4.79 Å². The highest BCUT2D eigenvalue weighted by molar-refractivity contribution is 7.98. The average molecular weight is 245 g/mol. The van der Waals surface area contributed by atoms with E-state index in [-0.39, 0.29) is 5.56 Å². The molecule has 0 atom stereocenters. The Bertz CT molecular complexity index is 555. The molecule has 0 aliphatic carbocycles. The maximum atomic E-state index is 11.1. The molecule has 1 N–H and O–H groups in total. The number of carbonyl (C=O) groups is 1. The van der Waals surface area contributed by atoms with E-state index in [4.69, 9.17) is 5.11 Å². The molecule has 17 heavy (non-hydrogen) atoms. The van der Waals surface area contributed by atoms with E-state index in [9.17, 15) is 4.79 Å². The zero-order chi connectivity index (χ0) is 12.3. The Morgan fingerprint density at radius 3 is 2.71 bits per heavy atom. The van der Waals surface area contributed by atoms with E-state index < -0.39 is 5.97 Å². The minimum Gasteiger partial charge on any atom is -0.478 e. The molecule has 0 spiro atoms. The number of pyridine rings is 1. The van der Waals surface area contributed by atoms with Gasteiger partial charge in [0.25, 0.3) is 0 Å². The van der Waals surface area contributed by atoms with Crippen LogP contribution in [0.4, 0.5) is 0 Å². The van der Waals surface area contributed by atoms with E-state index in [0.717, 1.165) is 10.5 Å². The lowest BCUT2D eigenvalue weighted by Gasteiger charge is -2.08. The first-order valence-corrected chi connectivity index (χ1v) is 6.28. The SMILES string of the molecule is CSc1ccccc1-c1ncccc1C(=O)O. The second-order valence-corrected chi connectivity index (χ2v) is 4.25. The zero-order valence-corrected chi connectivity index (χ0v) is 10.1. The molecule has 0 radical (unpaired) electrons. The van der Waals surface area contributed by atoms with Gasteiger partial charge in [-0.05, 0) is 24.5 Å². The number of nitrogens with zero attached hydrogens (tertiary/aromatic N) is 1. The number of carboxylic acid groups (broad SMARTS) is 1. The van der Waals surface area contributed by atoms with Crippen molar-refractivity contribution in [2.45, 2.75) is 4.90 Å². The second kappa shape index (κ2) is 5.01. The van der Waals surface area contributed by atoms with Crippen LogP contribution < -0.4 is 0 Å². The number of aromatic nitrogens is 1. The summed E-state index contributed by atoms with van der Waals surface area (Å²) in [5, 5.41) is 9.14.